The van der Waals surface area contributed by atoms with Crippen molar-refractivity contribution in [3.05, 3.63) is 48.0 Å². The van der Waals surface area contributed by atoms with E-state index in [2.05, 4.69) is 25.3 Å². The number of ether oxygens (including phenoxy) is 1. The summed E-state index contributed by atoms with van der Waals surface area (Å²) in [5.74, 6) is -0.966. The molecule has 3 heterocycles. The van der Waals surface area contributed by atoms with Crippen molar-refractivity contribution in [1.29, 1.82) is 0 Å². The van der Waals surface area contributed by atoms with Crippen LogP contribution in [0.25, 0.3) is 11.0 Å². The normalized spacial score (nSPS) is 21.1. The highest BCUT2D eigenvalue weighted by molar-refractivity contribution is 7.93. The Labute approximate surface area is 199 Å². The molecular formula is C22H23F3N6O3S. The number of pyridine rings is 1. The number of anilines is 2. The molecule has 2 aromatic heterocycles. The van der Waals surface area contributed by atoms with Crippen molar-refractivity contribution in [2.24, 2.45) is 10.7 Å². The highest BCUT2D eigenvalue weighted by atomic mass is 32.2. The van der Waals surface area contributed by atoms with Crippen LogP contribution in [0.1, 0.15) is 26.3 Å². The summed E-state index contributed by atoms with van der Waals surface area (Å²) >= 11 is 0. The lowest BCUT2D eigenvalue weighted by Gasteiger charge is -2.38. The quantitative estimate of drug-likeness (QED) is 0.518. The SMILES string of the molecule is CC1(C)C(N)=N[C@](C)(c2cc(Nc3nccc4nc(OCC(F)F)cnc34)ccc2F)CS1(=O)=O. The maximum atomic E-state index is 14.9. The van der Waals surface area contributed by atoms with Crippen LogP contribution in [0.4, 0.5) is 24.7 Å². The topological polar surface area (TPSA) is 132 Å². The molecule has 1 aromatic carbocycles. The van der Waals surface area contributed by atoms with Gasteiger partial charge in [-0.05, 0) is 45.0 Å². The van der Waals surface area contributed by atoms with Crippen LogP contribution in [-0.2, 0) is 15.4 Å². The van der Waals surface area contributed by atoms with Crippen LogP contribution < -0.4 is 15.8 Å². The molecule has 3 aromatic rings. The molecular weight excluding hydrogens is 485 g/mol. The number of alkyl halides is 2. The maximum absolute atomic E-state index is 14.9. The first kappa shape index (κ1) is 24.6. The van der Waals surface area contributed by atoms with Crippen molar-refractivity contribution in [2.75, 3.05) is 17.7 Å². The fourth-order valence-electron chi connectivity index (χ4n) is 3.67. The van der Waals surface area contributed by atoms with E-state index in [1.165, 1.54) is 57.4 Å². The second kappa shape index (κ2) is 8.63. The van der Waals surface area contributed by atoms with Crippen molar-refractivity contribution in [2.45, 2.75) is 37.5 Å². The van der Waals surface area contributed by atoms with Crippen molar-refractivity contribution >= 4 is 38.2 Å². The van der Waals surface area contributed by atoms with Crippen molar-refractivity contribution < 1.29 is 26.3 Å². The van der Waals surface area contributed by atoms with Crippen molar-refractivity contribution in [3.8, 4) is 5.88 Å². The summed E-state index contributed by atoms with van der Waals surface area (Å²) in [4.78, 5) is 16.9. The third kappa shape index (κ3) is 4.59. The fraction of sp³-hybridized carbons (Fsp3) is 0.364. The van der Waals surface area contributed by atoms with Gasteiger partial charge in [-0.25, -0.2) is 36.5 Å². The predicted molar refractivity (Wildman–Crippen MR) is 125 cm³/mol. The van der Waals surface area contributed by atoms with Crippen LogP contribution in [0, 0.1) is 5.82 Å². The molecule has 0 aliphatic carbocycles. The highest BCUT2D eigenvalue weighted by Crippen LogP contribution is 2.39. The number of nitrogens with two attached hydrogens (primary N) is 1. The first-order valence-electron chi connectivity index (χ1n) is 10.5. The lowest BCUT2D eigenvalue weighted by Crippen LogP contribution is -2.54. The predicted octanol–water partition coefficient (Wildman–Crippen LogP) is 3.33. The minimum Gasteiger partial charge on any atom is -0.470 e. The van der Waals surface area contributed by atoms with Crippen LogP contribution in [0.3, 0.4) is 0 Å². The van der Waals surface area contributed by atoms with E-state index < -0.39 is 44.7 Å². The second-order valence-corrected chi connectivity index (χ2v) is 11.3. The van der Waals surface area contributed by atoms with Gasteiger partial charge in [0.15, 0.2) is 22.3 Å². The van der Waals surface area contributed by atoms with Gasteiger partial charge in [-0.15, -0.1) is 0 Å². The summed E-state index contributed by atoms with van der Waals surface area (Å²) in [5, 5.41) is 3.02. The van der Waals surface area contributed by atoms with Gasteiger partial charge in [0.05, 0.1) is 17.5 Å². The highest BCUT2D eigenvalue weighted by Gasteiger charge is 2.49. The van der Waals surface area contributed by atoms with Crippen molar-refractivity contribution in [1.82, 2.24) is 15.0 Å². The Morgan fingerprint density at radius 3 is 2.63 bits per heavy atom. The van der Waals surface area contributed by atoms with Crippen molar-refractivity contribution in [3.63, 3.8) is 0 Å². The largest absolute Gasteiger partial charge is 0.470 e. The van der Waals surface area contributed by atoms with Gasteiger partial charge >= 0.3 is 0 Å². The van der Waals surface area contributed by atoms with Gasteiger partial charge in [-0.3, -0.25) is 4.99 Å². The molecule has 0 spiro atoms. The number of amidine groups is 1. The van der Waals surface area contributed by atoms with E-state index in [4.69, 9.17) is 10.5 Å². The molecule has 13 heteroatoms. The molecule has 0 saturated heterocycles. The first-order valence-corrected chi connectivity index (χ1v) is 12.2. The Morgan fingerprint density at radius 1 is 1.20 bits per heavy atom. The summed E-state index contributed by atoms with van der Waals surface area (Å²) in [7, 11) is -3.73. The minimum atomic E-state index is -3.73. The molecule has 4 rings (SSSR count). The van der Waals surface area contributed by atoms with Gasteiger partial charge in [0.25, 0.3) is 6.43 Å². The molecule has 0 unspecified atom stereocenters. The number of sulfone groups is 1. The monoisotopic (exact) mass is 508 g/mol. The molecule has 0 saturated carbocycles. The number of halogens is 3. The molecule has 1 aliphatic rings. The Kier molecular flexibility index (Phi) is 6.07. The van der Waals surface area contributed by atoms with Crippen LogP contribution in [0.2, 0.25) is 0 Å². The van der Waals surface area contributed by atoms with E-state index in [0.29, 0.717) is 16.7 Å². The molecule has 0 radical (unpaired) electrons. The molecule has 0 bridgehead atoms. The number of hydrogen-bond acceptors (Lipinski definition) is 9. The lowest BCUT2D eigenvalue weighted by molar-refractivity contribution is 0.0796. The van der Waals surface area contributed by atoms with Crippen LogP contribution in [0.5, 0.6) is 5.88 Å². The average molecular weight is 509 g/mol. The van der Waals surface area contributed by atoms with Gasteiger partial charge in [0.1, 0.15) is 27.5 Å². The number of nitrogens with one attached hydrogen (secondary N) is 1. The fourth-order valence-corrected chi connectivity index (χ4v) is 5.36. The number of benzene rings is 1. The molecule has 1 aliphatic heterocycles. The molecule has 9 nitrogen and oxygen atoms in total. The number of aliphatic imine (C=N–C) groups is 1. The van der Waals surface area contributed by atoms with Gasteiger partial charge in [0, 0.05) is 17.4 Å². The number of rotatable bonds is 6. The van der Waals surface area contributed by atoms with Crippen LogP contribution in [0.15, 0.2) is 41.7 Å². The summed E-state index contributed by atoms with van der Waals surface area (Å²) in [6.45, 7) is 3.63. The Bertz CT molecular complexity index is 1430. The third-order valence-corrected chi connectivity index (χ3v) is 8.54. The smallest absolute Gasteiger partial charge is 0.272 e. The zero-order chi connectivity index (χ0) is 25.6. The van der Waals surface area contributed by atoms with E-state index in [0.717, 1.165) is 0 Å². The third-order valence-electron chi connectivity index (χ3n) is 5.84. The number of hydrogen-bond donors (Lipinski definition) is 2. The van der Waals surface area contributed by atoms with E-state index in [-0.39, 0.29) is 23.1 Å². The van der Waals surface area contributed by atoms with E-state index in [1.807, 2.05) is 0 Å². The van der Waals surface area contributed by atoms with Crippen LogP contribution in [-0.4, -0.2) is 52.7 Å². The number of nitrogens with zero attached hydrogens (tertiary/aromatic N) is 4. The maximum Gasteiger partial charge on any atom is 0.272 e. The first-order chi connectivity index (χ1) is 16.3. The minimum absolute atomic E-state index is 0.0403. The van der Waals surface area contributed by atoms with Gasteiger partial charge in [-0.1, -0.05) is 0 Å². The summed E-state index contributed by atoms with van der Waals surface area (Å²) in [6.07, 6.45) is -0.0227. The van der Waals surface area contributed by atoms with E-state index >= 15 is 0 Å². The molecule has 35 heavy (non-hydrogen) atoms. The molecule has 0 fully saturated rings. The van der Waals surface area contributed by atoms with Gasteiger partial charge in [0.2, 0.25) is 5.88 Å². The Morgan fingerprint density at radius 2 is 1.94 bits per heavy atom. The summed E-state index contributed by atoms with van der Waals surface area (Å²) in [6, 6.07) is 5.61. The van der Waals surface area contributed by atoms with Gasteiger partial charge in [-0.2, -0.15) is 0 Å². The zero-order valence-electron chi connectivity index (χ0n) is 19.1. The van der Waals surface area contributed by atoms with E-state index in [1.54, 1.807) is 0 Å². The Hall–Kier alpha value is -3.48. The number of fused-ring (bicyclic) bond motifs is 1. The summed E-state index contributed by atoms with van der Waals surface area (Å²) < 4.78 is 69.0. The second-order valence-electron chi connectivity index (χ2n) is 8.80. The van der Waals surface area contributed by atoms with Gasteiger partial charge < -0.3 is 15.8 Å². The standard InChI is InChI=1S/C22H23F3N6O3S/c1-21(2)20(26)31-22(3,11-35(21,32)33)13-8-12(4-5-14(13)23)29-19-18-15(6-7-27-19)30-17(9-28-18)34-10-16(24)25/h4-9,16H,10-11H2,1-3H3,(H2,26,31)(H,27,29)/t22-/m0/s1. The summed E-state index contributed by atoms with van der Waals surface area (Å²) in [5.41, 5.74) is 5.62. The van der Waals surface area contributed by atoms with Crippen LogP contribution >= 0.6 is 0 Å². The molecule has 0 amide bonds. The number of aromatic nitrogens is 3. The Balaban J connectivity index is 1.69. The zero-order valence-corrected chi connectivity index (χ0v) is 19.9. The van der Waals surface area contributed by atoms with E-state index in [9.17, 15) is 21.6 Å². The molecule has 3 N–H and O–H groups in total. The average Bonchev–Trinajstić information content (AvgIpc) is 2.77. The lowest BCUT2D eigenvalue weighted by atomic mass is 9.92. The molecule has 186 valence electrons. The molecule has 1 atom stereocenters.